The predicted molar refractivity (Wildman–Crippen MR) is 114 cm³/mol. The van der Waals surface area contributed by atoms with E-state index in [1.54, 1.807) is 0 Å². The minimum atomic E-state index is 0.694. The van der Waals surface area contributed by atoms with Crippen LogP contribution in [-0.4, -0.2) is 34.8 Å². The van der Waals surface area contributed by atoms with Gasteiger partial charge in [-0.3, -0.25) is 0 Å². The number of benzene rings is 2. The fraction of sp³-hybridized carbons (Fsp3) is 0.364. The Morgan fingerprint density at radius 3 is 2.65 bits per heavy atom. The Labute approximate surface area is 164 Å². The molecular formula is C22H25ClN2S. The van der Waals surface area contributed by atoms with Crippen molar-refractivity contribution in [3.05, 3.63) is 64.8 Å². The minimum Gasteiger partial charge on any atom is -0.358 e. The number of fused-ring (bicyclic) bond motifs is 1. The number of nitrogens with zero attached hydrogens (tertiary/aromatic N) is 1. The normalized spacial score (nSPS) is 16.4. The number of aromatic amines is 1. The van der Waals surface area contributed by atoms with Crippen LogP contribution in [0.25, 0.3) is 10.9 Å². The van der Waals surface area contributed by atoms with Gasteiger partial charge in [0.1, 0.15) is 0 Å². The van der Waals surface area contributed by atoms with Gasteiger partial charge in [-0.25, -0.2) is 0 Å². The first-order valence-electron chi connectivity index (χ1n) is 9.40. The Morgan fingerprint density at radius 2 is 1.88 bits per heavy atom. The van der Waals surface area contributed by atoms with Crippen molar-refractivity contribution in [2.24, 2.45) is 0 Å². The van der Waals surface area contributed by atoms with Crippen LogP contribution in [0.2, 0.25) is 5.02 Å². The molecule has 136 valence electrons. The van der Waals surface area contributed by atoms with Crippen molar-refractivity contribution in [1.82, 2.24) is 9.88 Å². The Hall–Kier alpha value is -1.42. The summed E-state index contributed by atoms with van der Waals surface area (Å²) in [6.07, 6.45) is 3.66. The molecule has 1 aliphatic heterocycles. The lowest BCUT2D eigenvalue weighted by molar-refractivity contribution is 0.235. The molecule has 1 aliphatic rings. The zero-order valence-corrected chi connectivity index (χ0v) is 16.7. The van der Waals surface area contributed by atoms with Gasteiger partial charge in [-0.2, -0.15) is 0 Å². The molecule has 2 nitrogen and oxygen atoms in total. The second-order valence-corrected chi connectivity index (χ2v) is 8.91. The van der Waals surface area contributed by atoms with E-state index >= 15 is 0 Å². The van der Waals surface area contributed by atoms with Gasteiger partial charge in [0.15, 0.2) is 0 Å². The summed E-state index contributed by atoms with van der Waals surface area (Å²) in [5, 5.41) is 2.78. The highest BCUT2D eigenvalue weighted by Crippen LogP contribution is 2.38. The number of rotatable bonds is 5. The minimum absolute atomic E-state index is 0.694. The summed E-state index contributed by atoms with van der Waals surface area (Å²) in [5.41, 5.74) is 3.89. The summed E-state index contributed by atoms with van der Waals surface area (Å²) in [6, 6.07) is 17.0. The fourth-order valence-corrected chi connectivity index (χ4v) is 5.25. The van der Waals surface area contributed by atoms with Gasteiger partial charge < -0.3 is 9.88 Å². The first-order chi connectivity index (χ1) is 12.7. The maximum absolute atomic E-state index is 6.22. The second-order valence-electron chi connectivity index (χ2n) is 7.16. The molecule has 3 aromatic rings. The van der Waals surface area contributed by atoms with E-state index in [1.165, 1.54) is 59.5 Å². The number of aromatic nitrogens is 1. The van der Waals surface area contributed by atoms with Crippen LogP contribution in [0.4, 0.5) is 0 Å². The van der Waals surface area contributed by atoms with E-state index in [1.807, 2.05) is 17.8 Å². The zero-order chi connectivity index (χ0) is 17.9. The number of aryl methyl sites for hydroxylation is 1. The van der Waals surface area contributed by atoms with E-state index in [0.29, 0.717) is 5.25 Å². The summed E-state index contributed by atoms with van der Waals surface area (Å²) in [4.78, 5) is 7.50. The van der Waals surface area contributed by atoms with Crippen molar-refractivity contribution >= 4 is 34.3 Å². The van der Waals surface area contributed by atoms with Crippen LogP contribution in [0.1, 0.15) is 24.1 Å². The Bertz CT molecular complexity index is 866. The Kier molecular flexibility index (Phi) is 5.58. The van der Waals surface area contributed by atoms with Crippen molar-refractivity contribution < 1.29 is 0 Å². The van der Waals surface area contributed by atoms with E-state index in [4.69, 9.17) is 11.6 Å². The van der Waals surface area contributed by atoms with Crippen molar-refractivity contribution in [3.63, 3.8) is 0 Å². The highest BCUT2D eigenvalue weighted by molar-refractivity contribution is 8.00. The van der Waals surface area contributed by atoms with Gasteiger partial charge in [0.25, 0.3) is 0 Å². The van der Waals surface area contributed by atoms with Crippen LogP contribution in [-0.2, 0) is 6.42 Å². The Morgan fingerprint density at radius 1 is 1.12 bits per heavy atom. The number of likely N-dealkylation sites (tertiary alicyclic amines) is 1. The molecule has 0 radical (unpaired) electrons. The van der Waals surface area contributed by atoms with E-state index < -0.39 is 0 Å². The number of thioether (sulfide) groups is 1. The molecule has 2 heterocycles. The van der Waals surface area contributed by atoms with Crippen LogP contribution in [0.3, 0.4) is 0 Å². The van der Waals surface area contributed by atoms with Gasteiger partial charge in [0, 0.05) is 38.3 Å². The summed E-state index contributed by atoms with van der Waals surface area (Å²) >= 11 is 8.25. The number of piperidine rings is 1. The van der Waals surface area contributed by atoms with E-state index in [0.717, 1.165) is 11.4 Å². The van der Waals surface area contributed by atoms with Gasteiger partial charge in [-0.05, 0) is 63.0 Å². The number of nitrogens with one attached hydrogen (secondary N) is 1. The molecular weight excluding hydrogens is 360 g/mol. The van der Waals surface area contributed by atoms with Gasteiger partial charge in [-0.15, -0.1) is 11.8 Å². The molecule has 1 N–H and O–H groups in total. The average molecular weight is 385 g/mol. The van der Waals surface area contributed by atoms with Crippen molar-refractivity contribution in [2.45, 2.75) is 36.3 Å². The first kappa shape index (κ1) is 18.0. The summed E-state index contributed by atoms with van der Waals surface area (Å²) in [5.74, 6) is 0. The number of hydrogen-bond acceptors (Lipinski definition) is 2. The van der Waals surface area contributed by atoms with Crippen molar-refractivity contribution in [2.75, 3.05) is 19.6 Å². The number of H-pyrrole nitrogens is 1. The van der Waals surface area contributed by atoms with Crippen molar-refractivity contribution in [1.29, 1.82) is 0 Å². The molecule has 1 fully saturated rings. The number of halogens is 1. The molecule has 0 saturated carbocycles. The van der Waals surface area contributed by atoms with Crippen LogP contribution < -0.4 is 0 Å². The van der Waals surface area contributed by atoms with E-state index in [9.17, 15) is 0 Å². The molecule has 0 spiro atoms. The quantitative estimate of drug-likeness (QED) is 0.587. The third-order valence-electron chi connectivity index (χ3n) is 5.27. The molecule has 26 heavy (non-hydrogen) atoms. The van der Waals surface area contributed by atoms with E-state index in [2.05, 4.69) is 59.3 Å². The largest absolute Gasteiger partial charge is 0.358 e. The second kappa shape index (κ2) is 8.08. The molecule has 1 aromatic heterocycles. The number of hydrogen-bond donors (Lipinski definition) is 1. The molecule has 0 aliphatic carbocycles. The van der Waals surface area contributed by atoms with E-state index in [-0.39, 0.29) is 0 Å². The zero-order valence-electron chi connectivity index (χ0n) is 15.2. The van der Waals surface area contributed by atoms with Gasteiger partial charge in [-0.1, -0.05) is 41.9 Å². The highest BCUT2D eigenvalue weighted by atomic mass is 35.5. The van der Waals surface area contributed by atoms with Gasteiger partial charge >= 0.3 is 0 Å². The summed E-state index contributed by atoms with van der Waals surface area (Å²) in [7, 11) is 0. The average Bonchev–Trinajstić information content (AvgIpc) is 2.97. The lowest BCUT2D eigenvalue weighted by Crippen LogP contribution is -2.36. The van der Waals surface area contributed by atoms with Gasteiger partial charge in [0.05, 0.1) is 0 Å². The molecule has 4 rings (SSSR count). The van der Waals surface area contributed by atoms with Crippen LogP contribution in [0.5, 0.6) is 0 Å². The standard InChI is InChI=1S/C22H25ClN2S/c1-16-22(20-15-18(23)7-8-21(20)24-16)26-19-10-13-25(14-11-19)12-9-17-5-3-2-4-6-17/h2-8,15,19,24H,9-14H2,1H3. The lowest BCUT2D eigenvalue weighted by Gasteiger charge is -2.31. The fourth-order valence-electron chi connectivity index (χ4n) is 3.78. The Balaban J connectivity index is 1.34. The predicted octanol–water partition coefficient (Wildman–Crippen LogP) is 5.93. The molecule has 0 amide bonds. The van der Waals surface area contributed by atoms with Crippen molar-refractivity contribution in [3.8, 4) is 0 Å². The maximum Gasteiger partial charge on any atom is 0.0468 e. The monoisotopic (exact) mass is 384 g/mol. The first-order valence-corrected chi connectivity index (χ1v) is 10.7. The summed E-state index contributed by atoms with van der Waals surface area (Å²) < 4.78 is 0. The van der Waals surface area contributed by atoms with Crippen LogP contribution >= 0.6 is 23.4 Å². The third-order valence-corrected chi connectivity index (χ3v) is 7.07. The molecule has 2 aromatic carbocycles. The third kappa shape index (κ3) is 4.11. The smallest absolute Gasteiger partial charge is 0.0468 e. The van der Waals surface area contributed by atoms with Gasteiger partial charge in [0.2, 0.25) is 0 Å². The summed E-state index contributed by atoms with van der Waals surface area (Å²) in [6.45, 7) is 5.74. The van der Waals surface area contributed by atoms with Crippen LogP contribution in [0, 0.1) is 6.92 Å². The lowest BCUT2D eigenvalue weighted by atomic mass is 10.1. The molecule has 0 unspecified atom stereocenters. The maximum atomic E-state index is 6.22. The molecule has 4 heteroatoms. The molecule has 0 bridgehead atoms. The SMILES string of the molecule is Cc1[nH]c2ccc(Cl)cc2c1SC1CCN(CCc2ccccc2)CC1. The van der Waals surface area contributed by atoms with Crippen LogP contribution in [0.15, 0.2) is 53.4 Å². The topological polar surface area (TPSA) is 19.0 Å². The molecule has 1 saturated heterocycles. The highest BCUT2D eigenvalue weighted by Gasteiger charge is 2.22. The molecule has 0 atom stereocenters.